The molecule has 3 aromatic carbocycles. The predicted molar refractivity (Wildman–Crippen MR) is 184 cm³/mol. The van der Waals surface area contributed by atoms with E-state index in [0.717, 1.165) is 12.8 Å². The van der Waals surface area contributed by atoms with Crippen LogP contribution in [0.2, 0.25) is 0 Å². The van der Waals surface area contributed by atoms with Gasteiger partial charge < -0.3 is 40.3 Å². The van der Waals surface area contributed by atoms with E-state index in [1.807, 2.05) is 32.0 Å². The highest BCUT2D eigenvalue weighted by atomic mass is 19.1. The number of para-hydroxylation sites is 1. The average molecular weight is 664 g/mol. The van der Waals surface area contributed by atoms with Gasteiger partial charge in [-0.2, -0.15) is 0 Å². The Labute approximate surface area is 281 Å². The topological polar surface area (TPSA) is 132 Å². The van der Waals surface area contributed by atoms with E-state index in [9.17, 15) is 23.9 Å². The van der Waals surface area contributed by atoms with Crippen molar-refractivity contribution in [1.82, 2.24) is 9.80 Å². The van der Waals surface area contributed by atoms with Crippen LogP contribution in [0.1, 0.15) is 50.4 Å². The van der Waals surface area contributed by atoms with Gasteiger partial charge in [-0.25, -0.2) is 14.0 Å². The first-order valence-electron chi connectivity index (χ1n) is 16.3. The summed E-state index contributed by atoms with van der Waals surface area (Å²) in [6.07, 6.45) is 1.65. The Hall–Kier alpha value is -4.68. The third-order valence-corrected chi connectivity index (χ3v) is 8.24. The van der Waals surface area contributed by atoms with Crippen molar-refractivity contribution in [1.29, 1.82) is 0 Å². The van der Waals surface area contributed by atoms with Gasteiger partial charge in [-0.1, -0.05) is 25.1 Å². The normalized spacial score (nSPS) is 19.6. The fourth-order valence-corrected chi connectivity index (χ4v) is 5.38. The highest BCUT2D eigenvalue weighted by Gasteiger charge is 2.31. The Morgan fingerprint density at radius 1 is 0.979 bits per heavy atom. The maximum absolute atomic E-state index is 14.3. The molecule has 1 aliphatic rings. The number of ether oxygens (including phenoxy) is 2. The first kappa shape index (κ1) is 36.2. The molecule has 0 aliphatic carbocycles. The van der Waals surface area contributed by atoms with Crippen LogP contribution < -0.4 is 20.7 Å². The van der Waals surface area contributed by atoms with E-state index >= 15 is 0 Å². The lowest BCUT2D eigenvalue weighted by atomic mass is 10.0. The van der Waals surface area contributed by atoms with Crippen LogP contribution in [0.15, 0.2) is 72.8 Å². The molecule has 258 valence electrons. The Bertz CT molecular complexity index is 1510. The molecular formula is C36H46FN5O6. The van der Waals surface area contributed by atoms with Crippen molar-refractivity contribution in [2.75, 3.05) is 49.3 Å². The molecule has 0 radical (unpaired) electrons. The van der Waals surface area contributed by atoms with Crippen LogP contribution in [0, 0.1) is 11.7 Å². The number of urea groups is 2. The number of carbonyl (C=O) groups excluding carboxylic acids is 3. The van der Waals surface area contributed by atoms with Crippen LogP contribution in [-0.4, -0.2) is 84.5 Å². The van der Waals surface area contributed by atoms with Crippen molar-refractivity contribution in [3.8, 4) is 5.75 Å². The fraction of sp³-hybridized carbons (Fsp3) is 0.417. The third-order valence-electron chi connectivity index (χ3n) is 8.24. The summed E-state index contributed by atoms with van der Waals surface area (Å²) in [5, 5.41) is 18.5. The van der Waals surface area contributed by atoms with Crippen LogP contribution in [0.4, 0.5) is 31.0 Å². The van der Waals surface area contributed by atoms with E-state index in [0.29, 0.717) is 35.8 Å². The van der Waals surface area contributed by atoms with Crippen molar-refractivity contribution in [3.63, 3.8) is 0 Å². The molecule has 0 aromatic heterocycles. The van der Waals surface area contributed by atoms with Gasteiger partial charge in [0.2, 0.25) is 0 Å². The van der Waals surface area contributed by atoms with Gasteiger partial charge in [0.25, 0.3) is 5.91 Å². The van der Waals surface area contributed by atoms with E-state index in [1.54, 1.807) is 49.2 Å². The summed E-state index contributed by atoms with van der Waals surface area (Å²) in [6, 6.07) is 18.1. The molecule has 0 saturated heterocycles. The predicted octanol–water partition coefficient (Wildman–Crippen LogP) is 6.43. The number of fused-ring (bicyclic) bond motifs is 1. The smallest absolute Gasteiger partial charge is 0.323 e. The van der Waals surface area contributed by atoms with Crippen molar-refractivity contribution < 1.29 is 33.4 Å². The molecule has 4 rings (SSSR count). The highest BCUT2D eigenvalue weighted by Crippen LogP contribution is 2.29. The minimum absolute atomic E-state index is 0.208. The lowest BCUT2D eigenvalue weighted by molar-refractivity contribution is -0.0115. The van der Waals surface area contributed by atoms with Gasteiger partial charge in [0.05, 0.1) is 30.4 Å². The Morgan fingerprint density at radius 3 is 2.35 bits per heavy atom. The van der Waals surface area contributed by atoms with Gasteiger partial charge in [0, 0.05) is 49.7 Å². The second kappa shape index (κ2) is 17.5. The molecule has 1 heterocycles. The van der Waals surface area contributed by atoms with Crippen molar-refractivity contribution >= 4 is 35.0 Å². The summed E-state index contributed by atoms with van der Waals surface area (Å²) in [7, 11) is 1.65. The van der Waals surface area contributed by atoms with Gasteiger partial charge in [-0.3, -0.25) is 4.79 Å². The molecule has 1 aliphatic heterocycles. The largest absolute Gasteiger partial charge is 0.490 e. The quantitative estimate of drug-likeness (QED) is 0.230. The number of benzene rings is 3. The van der Waals surface area contributed by atoms with Gasteiger partial charge in [-0.05, 0) is 87.7 Å². The molecule has 5 amide bonds. The summed E-state index contributed by atoms with van der Waals surface area (Å²) in [5.41, 5.74) is 1.72. The summed E-state index contributed by atoms with van der Waals surface area (Å²) < 4.78 is 25.9. The molecule has 0 saturated carbocycles. The first-order valence-corrected chi connectivity index (χ1v) is 16.3. The molecule has 0 fully saturated rings. The number of nitrogens with one attached hydrogen (secondary N) is 3. The number of anilines is 3. The molecule has 12 heteroatoms. The Kier molecular flexibility index (Phi) is 13.2. The van der Waals surface area contributed by atoms with Crippen LogP contribution in [0.3, 0.4) is 0 Å². The van der Waals surface area contributed by atoms with E-state index in [2.05, 4.69) is 16.0 Å². The third kappa shape index (κ3) is 10.4. The van der Waals surface area contributed by atoms with Crippen LogP contribution in [-0.2, 0) is 4.74 Å². The van der Waals surface area contributed by atoms with E-state index < -0.39 is 24.0 Å². The van der Waals surface area contributed by atoms with Gasteiger partial charge >= 0.3 is 12.1 Å². The van der Waals surface area contributed by atoms with Gasteiger partial charge in [0.1, 0.15) is 11.6 Å². The van der Waals surface area contributed by atoms with Crippen LogP contribution in [0.5, 0.6) is 5.75 Å². The number of aliphatic hydroxyl groups excluding tert-OH is 1. The maximum Gasteiger partial charge on any atom is 0.323 e. The summed E-state index contributed by atoms with van der Waals surface area (Å²) >= 11 is 0. The molecule has 3 aromatic rings. The average Bonchev–Trinajstić information content (AvgIpc) is 3.07. The van der Waals surface area contributed by atoms with Crippen LogP contribution in [0.25, 0.3) is 0 Å². The van der Waals surface area contributed by atoms with E-state index in [4.69, 9.17) is 9.47 Å². The molecule has 0 bridgehead atoms. The summed E-state index contributed by atoms with van der Waals surface area (Å²) in [4.78, 5) is 43.2. The number of nitrogens with zero attached hydrogens (tertiary/aromatic N) is 2. The number of halogens is 1. The monoisotopic (exact) mass is 663 g/mol. The summed E-state index contributed by atoms with van der Waals surface area (Å²) in [5.74, 6) is -0.653. The number of likely N-dealkylation sites (N-methyl/N-ethyl adjacent to an activating group) is 1. The van der Waals surface area contributed by atoms with E-state index in [-0.39, 0.29) is 49.2 Å². The van der Waals surface area contributed by atoms with Crippen molar-refractivity contribution in [2.45, 2.75) is 58.3 Å². The zero-order valence-corrected chi connectivity index (χ0v) is 27.9. The maximum atomic E-state index is 14.3. The molecule has 4 N–H and O–H groups in total. The van der Waals surface area contributed by atoms with Crippen LogP contribution >= 0.6 is 0 Å². The van der Waals surface area contributed by atoms with Crippen molar-refractivity contribution in [2.24, 2.45) is 5.92 Å². The van der Waals surface area contributed by atoms with Crippen molar-refractivity contribution in [3.05, 3.63) is 84.2 Å². The minimum Gasteiger partial charge on any atom is -0.490 e. The molecule has 0 unspecified atom stereocenters. The first-order chi connectivity index (χ1) is 23.0. The second-order valence-corrected chi connectivity index (χ2v) is 12.3. The lowest BCUT2D eigenvalue weighted by Gasteiger charge is -2.35. The number of carbonyl (C=O) groups is 3. The lowest BCUT2D eigenvalue weighted by Crippen LogP contribution is -2.48. The molecular weight excluding hydrogens is 617 g/mol. The number of amides is 5. The van der Waals surface area contributed by atoms with Gasteiger partial charge in [-0.15, -0.1) is 0 Å². The standard InChI is InChI=1S/C36H46FN5O6/c1-24-21-42(25(2)23-43)34(44)31-20-30(39-35(45)38-28-11-6-5-7-12-28)17-18-32(31)48-26(3)10-8-9-19-47-33(24)22-41(4)36(46)40-29-15-13-27(37)14-16-29/h5-7,11-18,20,24-26,33,43H,8-10,19,21-23H2,1-4H3,(H,40,46)(H2,38,39,45)/t24-,25-,26+,33-/m0/s1. The number of hydrogen-bond donors (Lipinski definition) is 4. The Morgan fingerprint density at radius 2 is 1.65 bits per heavy atom. The number of aliphatic hydroxyl groups is 1. The SMILES string of the molecule is C[C@@H]1CCCCO[C@@H](CN(C)C(=O)Nc2ccc(F)cc2)[C@@H](C)CN([C@@H](C)CO)C(=O)c2cc(NC(=O)Nc3ccccc3)ccc2O1. The summed E-state index contributed by atoms with van der Waals surface area (Å²) in [6.45, 7) is 6.24. The molecule has 48 heavy (non-hydrogen) atoms. The second-order valence-electron chi connectivity index (χ2n) is 12.3. The number of rotatable bonds is 7. The minimum atomic E-state index is -0.559. The molecule has 0 spiro atoms. The number of hydrogen-bond acceptors (Lipinski definition) is 6. The van der Waals surface area contributed by atoms with E-state index in [1.165, 1.54) is 29.2 Å². The zero-order valence-electron chi connectivity index (χ0n) is 27.9. The Balaban J connectivity index is 1.57. The van der Waals surface area contributed by atoms with Gasteiger partial charge in [0.15, 0.2) is 0 Å². The highest BCUT2D eigenvalue weighted by molar-refractivity contribution is 6.02. The molecule has 4 atom stereocenters. The molecule has 11 nitrogen and oxygen atoms in total. The zero-order chi connectivity index (χ0) is 34.6. The fourth-order valence-electron chi connectivity index (χ4n) is 5.38.